The number of benzene rings is 2. The summed E-state index contributed by atoms with van der Waals surface area (Å²) < 4.78 is 0. The SMILES string of the molecule is CC(C)C(NC(=O)CCCc1ccc2ccccc2c1)C(=O)O. The predicted molar refractivity (Wildman–Crippen MR) is 91.3 cm³/mol. The summed E-state index contributed by atoms with van der Waals surface area (Å²) in [5.74, 6) is -1.31. The van der Waals surface area contributed by atoms with Gasteiger partial charge in [-0.1, -0.05) is 56.3 Å². The second-order valence-corrected chi connectivity index (χ2v) is 6.16. The third kappa shape index (κ3) is 4.81. The van der Waals surface area contributed by atoms with Crippen LogP contribution in [0.15, 0.2) is 42.5 Å². The normalized spacial score (nSPS) is 12.3. The number of carbonyl (C=O) groups excluding carboxylic acids is 1. The fourth-order valence-corrected chi connectivity index (χ4v) is 2.61. The molecule has 2 N–H and O–H groups in total. The van der Waals surface area contributed by atoms with E-state index in [1.165, 1.54) is 16.3 Å². The maximum Gasteiger partial charge on any atom is 0.326 e. The molecule has 0 aliphatic carbocycles. The Kier molecular flexibility index (Phi) is 5.74. The molecule has 0 saturated heterocycles. The number of carboxylic acid groups (broad SMARTS) is 1. The highest BCUT2D eigenvalue weighted by Gasteiger charge is 2.22. The minimum atomic E-state index is -0.983. The van der Waals surface area contributed by atoms with Crippen molar-refractivity contribution in [3.8, 4) is 0 Å². The first-order valence-electron chi connectivity index (χ1n) is 7.97. The number of nitrogens with one attached hydrogen (secondary N) is 1. The summed E-state index contributed by atoms with van der Waals surface area (Å²) in [7, 11) is 0. The quantitative estimate of drug-likeness (QED) is 0.823. The summed E-state index contributed by atoms with van der Waals surface area (Å²) in [4.78, 5) is 23.0. The molecule has 0 aliphatic heterocycles. The van der Waals surface area contributed by atoms with Gasteiger partial charge < -0.3 is 10.4 Å². The molecule has 0 aliphatic rings. The van der Waals surface area contributed by atoms with E-state index in [1.807, 2.05) is 12.1 Å². The Morgan fingerprint density at radius 2 is 1.78 bits per heavy atom. The van der Waals surface area contributed by atoms with Gasteiger partial charge in [-0.25, -0.2) is 4.79 Å². The zero-order valence-electron chi connectivity index (χ0n) is 13.6. The van der Waals surface area contributed by atoms with Crippen molar-refractivity contribution in [3.05, 3.63) is 48.0 Å². The van der Waals surface area contributed by atoms with Gasteiger partial charge in [-0.05, 0) is 35.1 Å². The Morgan fingerprint density at radius 3 is 2.43 bits per heavy atom. The molecule has 0 bridgehead atoms. The number of carbonyl (C=O) groups is 2. The van der Waals surface area contributed by atoms with E-state index >= 15 is 0 Å². The highest BCUT2D eigenvalue weighted by atomic mass is 16.4. The summed E-state index contributed by atoms with van der Waals surface area (Å²) >= 11 is 0. The second kappa shape index (κ2) is 7.77. The van der Waals surface area contributed by atoms with Crippen molar-refractivity contribution in [1.82, 2.24) is 5.32 Å². The monoisotopic (exact) mass is 313 g/mol. The third-order valence-corrected chi connectivity index (χ3v) is 3.93. The molecule has 0 heterocycles. The summed E-state index contributed by atoms with van der Waals surface area (Å²) in [6.07, 6.45) is 1.84. The van der Waals surface area contributed by atoms with Crippen LogP contribution in [0.4, 0.5) is 0 Å². The van der Waals surface area contributed by atoms with Crippen molar-refractivity contribution < 1.29 is 14.7 Å². The Balaban J connectivity index is 1.85. The number of aliphatic carboxylic acids is 1. The van der Waals surface area contributed by atoms with Crippen molar-refractivity contribution >= 4 is 22.6 Å². The maximum atomic E-state index is 11.9. The van der Waals surface area contributed by atoms with Crippen LogP contribution in [0.1, 0.15) is 32.3 Å². The standard InChI is InChI=1S/C19H23NO3/c1-13(2)18(19(22)23)20-17(21)9-5-6-14-10-11-15-7-3-4-8-16(15)12-14/h3-4,7-8,10-13,18H,5-6,9H2,1-2H3,(H,20,21)(H,22,23). The van der Waals surface area contributed by atoms with Crippen molar-refractivity contribution in [1.29, 1.82) is 0 Å². The molecule has 4 heteroatoms. The number of aryl methyl sites for hydroxylation is 1. The van der Waals surface area contributed by atoms with Gasteiger partial charge in [0.15, 0.2) is 0 Å². The van der Waals surface area contributed by atoms with E-state index in [1.54, 1.807) is 13.8 Å². The first kappa shape index (κ1) is 17.0. The molecule has 0 radical (unpaired) electrons. The van der Waals surface area contributed by atoms with Crippen LogP contribution >= 0.6 is 0 Å². The van der Waals surface area contributed by atoms with Crippen LogP contribution in [-0.2, 0) is 16.0 Å². The summed E-state index contributed by atoms with van der Waals surface area (Å²) in [5.41, 5.74) is 1.19. The van der Waals surface area contributed by atoms with Gasteiger partial charge in [0.05, 0.1) is 0 Å². The molecule has 2 rings (SSSR count). The van der Waals surface area contributed by atoms with Crippen LogP contribution in [-0.4, -0.2) is 23.0 Å². The van der Waals surface area contributed by atoms with Crippen molar-refractivity contribution in [2.24, 2.45) is 5.92 Å². The molecule has 1 unspecified atom stereocenters. The fraction of sp³-hybridized carbons (Fsp3) is 0.368. The van der Waals surface area contributed by atoms with Gasteiger partial charge in [0, 0.05) is 6.42 Å². The number of amides is 1. The van der Waals surface area contributed by atoms with E-state index in [-0.39, 0.29) is 11.8 Å². The third-order valence-electron chi connectivity index (χ3n) is 3.93. The Hall–Kier alpha value is -2.36. The molecule has 4 nitrogen and oxygen atoms in total. The van der Waals surface area contributed by atoms with E-state index < -0.39 is 12.0 Å². The van der Waals surface area contributed by atoms with Crippen LogP contribution in [0.25, 0.3) is 10.8 Å². The van der Waals surface area contributed by atoms with Crippen LogP contribution in [0, 0.1) is 5.92 Å². The Morgan fingerprint density at radius 1 is 1.09 bits per heavy atom. The van der Waals surface area contributed by atoms with Gasteiger partial charge in [0.1, 0.15) is 6.04 Å². The zero-order chi connectivity index (χ0) is 16.8. The molecule has 2 aromatic rings. The van der Waals surface area contributed by atoms with E-state index in [9.17, 15) is 9.59 Å². The first-order valence-corrected chi connectivity index (χ1v) is 7.97. The van der Waals surface area contributed by atoms with Crippen LogP contribution in [0.2, 0.25) is 0 Å². The molecule has 23 heavy (non-hydrogen) atoms. The minimum absolute atomic E-state index is 0.128. The molecule has 0 spiro atoms. The molecule has 0 fully saturated rings. The molecular formula is C19H23NO3. The molecule has 1 atom stereocenters. The van der Waals surface area contributed by atoms with Crippen LogP contribution in [0.5, 0.6) is 0 Å². The van der Waals surface area contributed by atoms with Gasteiger partial charge in [-0.3, -0.25) is 4.79 Å². The topological polar surface area (TPSA) is 66.4 Å². The van der Waals surface area contributed by atoms with Gasteiger partial charge in [-0.15, -0.1) is 0 Å². The largest absolute Gasteiger partial charge is 0.480 e. The van der Waals surface area contributed by atoms with Crippen molar-refractivity contribution in [2.75, 3.05) is 0 Å². The molecule has 0 aromatic heterocycles. The van der Waals surface area contributed by atoms with Gasteiger partial charge in [-0.2, -0.15) is 0 Å². The van der Waals surface area contributed by atoms with Crippen LogP contribution < -0.4 is 5.32 Å². The Bertz CT molecular complexity index is 694. The van der Waals surface area contributed by atoms with Crippen molar-refractivity contribution in [3.63, 3.8) is 0 Å². The predicted octanol–water partition coefficient (Wildman–Crippen LogP) is 3.39. The fourth-order valence-electron chi connectivity index (χ4n) is 2.61. The average molecular weight is 313 g/mol. The minimum Gasteiger partial charge on any atom is -0.480 e. The summed E-state index contributed by atoms with van der Waals surface area (Å²) in [6.45, 7) is 3.57. The lowest BCUT2D eigenvalue weighted by atomic mass is 10.0. The lowest BCUT2D eigenvalue weighted by Gasteiger charge is -2.17. The lowest BCUT2D eigenvalue weighted by Crippen LogP contribution is -2.44. The number of carboxylic acids is 1. The number of hydrogen-bond donors (Lipinski definition) is 2. The molecule has 0 saturated carbocycles. The first-order chi connectivity index (χ1) is 11.0. The lowest BCUT2D eigenvalue weighted by molar-refractivity contribution is -0.143. The van der Waals surface area contributed by atoms with Gasteiger partial charge >= 0.3 is 5.97 Å². The molecular weight excluding hydrogens is 290 g/mol. The van der Waals surface area contributed by atoms with Gasteiger partial charge in [0.25, 0.3) is 0 Å². The highest BCUT2D eigenvalue weighted by molar-refractivity contribution is 5.84. The van der Waals surface area contributed by atoms with E-state index in [2.05, 4.69) is 35.6 Å². The Labute approximate surface area is 136 Å². The summed E-state index contributed by atoms with van der Waals surface area (Å²) in [5, 5.41) is 14.1. The van der Waals surface area contributed by atoms with E-state index in [0.717, 1.165) is 6.42 Å². The number of fused-ring (bicyclic) bond motifs is 1. The second-order valence-electron chi connectivity index (χ2n) is 6.16. The van der Waals surface area contributed by atoms with Crippen molar-refractivity contribution in [2.45, 2.75) is 39.2 Å². The highest BCUT2D eigenvalue weighted by Crippen LogP contribution is 2.17. The zero-order valence-corrected chi connectivity index (χ0v) is 13.6. The summed E-state index contributed by atoms with van der Waals surface area (Å²) in [6, 6.07) is 13.7. The number of hydrogen-bond acceptors (Lipinski definition) is 2. The molecule has 122 valence electrons. The average Bonchev–Trinajstić information content (AvgIpc) is 2.52. The smallest absolute Gasteiger partial charge is 0.326 e. The van der Waals surface area contributed by atoms with Crippen LogP contribution in [0.3, 0.4) is 0 Å². The van der Waals surface area contributed by atoms with E-state index in [0.29, 0.717) is 12.8 Å². The maximum absolute atomic E-state index is 11.9. The van der Waals surface area contributed by atoms with E-state index in [4.69, 9.17) is 5.11 Å². The molecule has 1 amide bonds. The number of rotatable bonds is 7. The van der Waals surface area contributed by atoms with Gasteiger partial charge in [0.2, 0.25) is 5.91 Å². The molecule has 2 aromatic carbocycles.